The van der Waals surface area contributed by atoms with E-state index in [4.69, 9.17) is 10.5 Å². The van der Waals surface area contributed by atoms with Crippen LogP contribution >= 0.6 is 15.9 Å². The Morgan fingerprint density at radius 2 is 1.73 bits per heavy atom. The Morgan fingerprint density at radius 1 is 1.00 bits per heavy atom. The second-order valence-corrected chi connectivity index (χ2v) is 11.6. The van der Waals surface area contributed by atoms with Crippen molar-refractivity contribution in [1.29, 1.82) is 0 Å². The normalized spacial score (nSPS) is 15.8. The molecule has 0 aromatic heterocycles. The molecule has 2 aliphatic heterocycles. The minimum absolute atomic E-state index is 0.0263. The highest BCUT2D eigenvalue weighted by molar-refractivity contribution is 9.09. The predicted molar refractivity (Wildman–Crippen MR) is 183 cm³/mol. The van der Waals surface area contributed by atoms with Crippen molar-refractivity contribution in [3.05, 3.63) is 96.1 Å². The number of piperazine rings is 1. The van der Waals surface area contributed by atoms with Crippen LogP contribution in [0.2, 0.25) is 0 Å². The Morgan fingerprint density at radius 3 is 2.44 bits per heavy atom. The van der Waals surface area contributed by atoms with Gasteiger partial charge in [0.05, 0.1) is 5.69 Å². The highest BCUT2D eigenvalue weighted by Crippen LogP contribution is 2.46. The fourth-order valence-electron chi connectivity index (χ4n) is 5.77. The number of amides is 4. The molecule has 0 radical (unpaired) electrons. The number of nitrogens with two attached hydrogens (primary N) is 1. The van der Waals surface area contributed by atoms with Crippen molar-refractivity contribution in [2.75, 3.05) is 59.3 Å². The summed E-state index contributed by atoms with van der Waals surface area (Å²) >= 11 is 3.65. The Kier molecular flexibility index (Phi) is 8.72. The van der Waals surface area contributed by atoms with Gasteiger partial charge in [-0.15, -0.1) is 0 Å². The summed E-state index contributed by atoms with van der Waals surface area (Å²) in [5, 5.41) is 11.5. The number of urea groups is 1. The van der Waals surface area contributed by atoms with Crippen molar-refractivity contribution in [3.63, 3.8) is 0 Å². The van der Waals surface area contributed by atoms with E-state index < -0.39 is 6.09 Å². The SMILES string of the molecule is C=Cc1cc(NC(=O)c2ccc(N)cc2)ccc1NC(=O)N1C[C@@H](CBr)c2c1cc(OC(=O)N1CCNCC1)c1ccccc21. The molecule has 6 rings (SSSR count). The van der Waals surface area contributed by atoms with Gasteiger partial charge in [-0.05, 0) is 59.0 Å². The fraction of sp³-hybridized carbons (Fsp3) is 0.206. The van der Waals surface area contributed by atoms with Crippen molar-refractivity contribution < 1.29 is 19.1 Å². The summed E-state index contributed by atoms with van der Waals surface area (Å²) in [5.74, 6) is 0.157. The summed E-state index contributed by atoms with van der Waals surface area (Å²) in [6.07, 6.45) is 1.21. The number of carbonyl (C=O) groups excluding carboxylic acids is 3. The van der Waals surface area contributed by atoms with Gasteiger partial charge < -0.3 is 31.3 Å². The molecule has 0 bridgehead atoms. The smallest absolute Gasteiger partial charge is 0.409 e. The molecule has 4 aromatic carbocycles. The fourth-order valence-corrected chi connectivity index (χ4v) is 6.29. The Labute approximate surface area is 269 Å². The molecule has 0 saturated carbocycles. The van der Waals surface area contributed by atoms with Gasteiger partial charge >= 0.3 is 12.1 Å². The Balaban J connectivity index is 1.26. The Hall–Kier alpha value is -4.87. The third-order valence-electron chi connectivity index (χ3n) is 8.08. The van der Waals surface area contributed by atoms with Gasteiger partial charge in [0.25, 0.3) is 5.91 Å². The largest absolute Gasteiger partial charge is 0.415 e. The molecular formula is C34H33BrN6O4. The monoisotopic (exact) mass is 668 g/mol. The second kappa shape index (κ2) is 13.0. The van der Waals surface area contributed by atoms with Crippen LogP contribution in [0.5, 0.6) is 5.75 Å². The minimum Gasteiger partial charge on any atom is -0.409 e. The van der Waals surface area contributed by atoms with Crippen LogP contribution in [-0.4, -0.2) is 61.0 Å². The highest BCUT2D eigenvalue weighted by Gasteiger charge is 2.35. The summed E-state index contributed by atoms with van der Waals surface area (Å²) < 4.78 is 5.96. The lowest BCUT2D eigenvalue weighted by atomic mass is 9.95. The van der Waals surface area contributed by atoms with E-state index in [2.05, 4.69) is 38.5 Å². The van der Waals surface area contributed by atoms with Crippen LogP contribution < -0.4 is 31.3 Å². The van der Waals surface area contributed by atoms with Crippen molar-refractivity contribution in [2.24, 2.45) is 0 Å². The third-order valence-corrected chi connectivity index (χ3v) is 8.86. The van der Waals surface area contributed by atoms with Gasteiger partial charge in [-0.1, -0.05) is 52.9 Å². The van der Waals surface area contributed by atoms with Gasteiger partial charge in [0.15, 0.2) is 0 Å². The number of fused-ring (bicyclic) bond motifs is 3. The predicted octanol–water partition coefficient (Wildman–Crippen LogP) is 6.25. The number of alkyl halides is 1. The summed E-state index contributed by atoms with van der Waals surface area (Å²) in [5.41, 5.74) is 10.2. The zero-order chi connectivity index (χ0) is 31.5. The molecular weight excluding hydrogens is 636 g/mol. The van der Waals surface area contributed by atoms with Crippen LogP contribution in [0.4, 0.5) is 32.3 Å². The number of carbonyl (C=O) groups is 3. The second-order valence-electron chi connectivity index (χ2n) is 10.9. The summed E-state index contributed by atoms with van der Waals surface area (Å²) in [4.78, 5) is 43.0. The molecule has 4 amide bonds. The van der Waals surface area contributed by atoms with Gasteiger partial charge in [0, 0.05) is 78.0 Å². The zero-order valence-electron chi connectivity index (χ0n) is 24.5. The summed E-state index contributed by atoms with van der Waals surface area (Å²) in [7, 11) is 0. The lowest BCUT2D eigenvalue weighted by Gasteiger charge is -2.27. The molecule has 0 spiro atoms. The number of rotatable bonds is 6. The quantitative estimate of drug-likeness (QED) is 0.142. The molecule has 4 aromatic rings. The van der Waals surface area contributed by atoms with Gasteiger partial charge in [0.1, 0.15) is 5.75 Å². The molecule has 0 unspecified atom stereocenters. The van der Waals surface area contributed by atoms with Crippen molar-refractivity contribution in [2.45, 2.75) is 5.92 Å². The molecule has 5 N–H and O–H groups in total. The lowest BCUT2D eigenvalue weighted by Crippen LogP contribution is -2.47. The molecule has 2 heterocycles. The number of anilines is 4. The first-order valence-corrected chi connectivity index (χ1v) is 15.8. The van der Waals surface area contributed by atoms with E-state index in [1.165, 1.54) is 0 Å². The lowest BCUT2D eigenvalue weighted by molar-refractivity contribution is 0.102. The number of halogens is 1. The Bertz CT molecular complexity index is 1790. The maximum absolute atomic E-state index is 13.9. The number of hydrogen-bond donors (Lipinski definition) is 4. The first-order valence-electron chi connectivity index (χ1n) is 14.7. The van der Waals surface area contributed by atoms with E-state index >= 15 is 0 Å². The van der Waals surface area contributed by atoms with E-state index in [9.17, 15) is 14.4 Å². The van der Waals surface area contributed by atoms with Crippen molar-refractivity contribution in [3.8, 4) is 5.75 Å². The molecule has 230 valence electrons. The molecule has 11 heteroatoms. The number of hydrogen-bond acceptors (Lipinski definition) is 6. The number of benzene rings is 4. The number of ether oxygens (including phenoxy) is 1. The average molecular weight is 670 g/mol. The number of nitrogens with one attached hydrogen (secondary N) is 3. The van der Waals surface area contributed by atoms with Crippen LogP contribution in [0.3, 0.4) is 0 Å². The molecule has 10 nitrogen and oxygen atoms in total. The summed E-state index contributed by atoms with van der Waals surface area (Å²) in [6.45, 7) is 6.90. The van der Waals surface area contributed by atoms with Crippen LogP contribution in [0.1, 0.15) is 27.4 Å². The van der Waals surface area contributed by atoms with Gasteiger partial charge in [0.2, 0.25) is 0 Å². The third kappa shape index (κ3) is 6.22. The number of nitrogen functional groups attached to an aromatic ring is 1. The van der Waals surface area contributed by atoms with Crippen molar-refractivity contribution >= 4 is 73.6 Å². The van der Waals surface area contributed by atoms with Gasteiger partial charge in [-0.3, -0.25) is 9.69 Å². The molecule has 2 aliphatic rings. The van der Waals surface area contributed by atoms with E-state index in [-0.39, 0.29) is 17.9 Å². The minimum atomic E-state index is -0.410. The van der Waals surface area contributed by atoms with E-state index in [0.717, 1.165) is 16.3 Å². The molecule has 45 heavy (non-hydrogen) atoms. The van der Waals surface area contributed by atoms with Crippen LogP contribution in [0.15, 0.2) is 79.4 Å². The highest BCUT2D eigenvalue weighted by atomic mass is 79.9. The van der Waals surface area contributed by atoms with Crippen LogP contribution in [0.25, 0.3) is 16.8 Å². The first-order chi connectivity index (χ1) is 21.9. The van der Waals surface area contributed by atoms with Crippen LogP contribution in [0, 0.1) is 0 Å². The van der Waals surface area contributed by atoms with Crippen molar-refractivity contribution in [1.82, 2.24) is 10.2 Å². The topological polar surface area (TPSA) is 129 Å². The first kappa shape index (κ1) is 30.2. The zero-order valence-corrected chi connectivity index (χ0v) is 26.1. The molecule has 1 fully saturated rings. The average Bonchev–Trinajstić information content (AvgIpc) is 3.45. The van der Waals surface area contributed by atoms with Gasteiger partial charge in [-0.25, -0.2) is 9.59 Å². The standard InChI is InChI=1S/C34H33BrN6O4/c1-2-21-17-25(38-32(42)22-7-9-24(36)10-8-22)11-12-28(21)39-33(43)41-20-23(19-35)31-27-6-4-3-5-26(27)30(18-29(31)41)45-34(44)40-15-13-37-14-16-40/h2-12,17-18,23,37H,1,13-16,19-20,36H2,(H,38,42)(H,39,43)/t23-/m1/s1. The van der Waals surface area contributed by atoms with Gasteiger partial charge in [-0.2, -0.15) is 0 Å². The van der Waals surface area contributed by atoms with Crippen LogP contribution in [-0.2, 0) is 0 Å². The molecule has 1 saturated heterocycles. The number of nitrogens with zero attached hydrogens (tertiary/aromatic N) is 2. The molecule has 1 atom stereocenters. The van der Waals surface area contributed by atoms with E-state index in [1.54, 1.807) is 64.4 Å². The molecule has 0 aliphatic carbocycles. The maximum Gasteiger partial charge on any atom is 0.415 e. The summed E-state index contributed by atoms with van der Waals surface area (Å²) in [6, 6.07) is 21.1. The van der Waals surface area contributed by atoms with E-state index in [1.807, 2.05) is 24.3 Å². The maximum atomic E-state index is 13.9. The van der Waals surface area contributed by atoms with E-state index in [0.29, 0.717) is 77.7 Å².